The van der Waals surface area contributed by atoms with Crippen LogP contribution in [0.3, 0.4) is 0 Å². The number of H-pyrrole nitrogens is 1. The summed E-state index contributed by atoms with van der Waals surface area (Å²) in [5, 5.41) is 2.65. The van der Waals surface area contributed by atoms with Gasteiger partial charge in [0.05, 0.1) is 44.2 Å². The van der Waals surface area contributed by atoms with Crippen LogP contribution >= 0.6 is 0 Å². The number of esters is 1. The number of alkyl carbamates (subject to hydrolysis) is 1. The molecular weight excluding hydrogens is 759 g/mol. The maximum Gasteiger partial charge on any atom is 0.407 e. The average molecular weight is 811 g/mol. The van der Waals surface area contributed by atoms with Gasteiger partial charge in [-0.25, -0.2) is 18.6 Å². The van der Waals surface area contributed by atoms with Crippen LogP contribution in [0, 0.1) is 36.3 Å². The molecule has 2 fully saturated rings. The Bertz CT molecular complexity index is 2340. The lowest BCUT2D eigenvalue weighted by atomic mass is 9.90. The molecule has 3 aliphatic rings. The standard InChI is InChI=1S/C45H52F2N6O6/c1-23(2)31(22-38(54)58-6)43(55)52-14-8-10-36(52)34-21-29-17-27(18-32(46)40(29)48-34)26-12-13-30(25(5)16-26)28-19-33(47)41-35(20-28)49-42(50-41)37-11-9-15-53(37)44(56)39(24(3)4)51-45(57)59-7/h12-13,16-20,23-24,31,36-37,39H,8-11,14-15,21-22H2,1-7H3,(H,49,50)(H,51,57)/t31-,36-,37-,39-/m0/s1. The number of hydrogen-bond acceptors (Lipinski definition) is 8. The highest BCUT2D eigenvalue weighted by atomic mass is 19.1. The van der Waals surface area contributed by atoms with Crippen molar-refractivity contribution in [3.63, 3.8) is 0 Å². The first-order valence-corrected chi connectivity index (χ1v) is 20.4. The Hall–Kier alpha value is -5.66. The SMILES string of the molecule is COC(=O)C[C@H](C(=O)N1CCC[C@H]1C1=Nc2c(F)cc(-c3ccc(-c4cc(F)c5nc([C@@H]6CCCN6C(=O)[C@@H](NC(=O)OC)C(C)C)[nH]c5c4)c(C)c3)cc2C1)C(C)C. The molecule has 59 heavy (non-hydrogen) atoms. The second-order valence-corrected chi connectivity index (χ2v) is 16.6. The Morgan fingerprint density at radius 2 is 1.54 bits per heavy atom. The molecule has 0 radical (unpaired) electrons. The largest absolute Gasteiger partial charge is 0.469 e. The van der Waals surface area contributed by atoms with Crippen LogP contribution in [0.25, 0.3) is 33.3 Å². The smallest absolute Gasteiger partial charge is 0.407 e. The quantitative estimate of drug-likeness (QED) is 0.146. The first kappa shape index (κ1) is 41.5. The second-order valence-electron chi connectivity index (χ2n) is 16.6. The fraction of sp³-hybridized carbons (Fsp3) is 0.467. The third kappa shape index (κ3) is 8.18. The minimum Gasteiger partial charge on any atom is -0.469 e. The number of fused-ring (bicyclic) bond motifs is 2. The lowest BCUT2D eigenvalue weighted by molar-refractivity contribution is -0.148. The van der Waals surface area contributed by atoms with Crippen molar-refractivity contribution in [2.45, 2.75) is 91.3 Å². The van der Waals surface area contributed by atoms with Crippen molar-refractivity contribution in [2.24, 2.45) is 22.7 Å². The van der Waals surface area contributed by atoms with E-state index in [4.69, 9.17) is 14.5 Å². The van der Waals surface area contributed by atoms with Gasteiger partial charge < -0.3 is 29.6 Å². The van der Waals surface area contributed by atoms with Crippen LogP contribution in [0.5, 0.6) is 0 Å². The van der Waals surface area contributed by atoms with Crippen molar-refractivity contribution in [3.8, 4) is 22.3 Å². The summed E-state index contributed by atoms with van der Waals surface area (Å²) in [5.74, 6) is -2.01. The zero-order chi connectivity index (χ0) is 42.3. The number of carbonyl (C=O) groups excluding carboxylic acids is 4. The van der Waals surface area contributed by atoms with Gasteiger partial charge in [-0.3, -0.25) is 19.4 Å². The normalized spacial score (nSPS) is 18.7. The van der Waals surface area contributed by atoms with E-state index in [0.29, 0.717) is 48.4 Å². The number of benzene rings is 3. The second kappa shape index (κ2) is 16.9. The van der Waals surface area contributed by atoms with E-state index in [1.54, 1.807) is 4.90 Å². The number of carbonyl (C=O) groups is 4. The molecule has 3 aliphatic heterocycles. The molecule has 0 bridgehead atoms. The lowest BCUT2D eigenvalue weighted by Crippen LogP contribution is -2.51. The molecule has 2 N–H and O–H groups in total. The topological polar surface area (TPSA) is 146 Å². The number of likely N-dealkylation sites (tertiary alicyclic amines) is 2. The fourth-order valence-electron chi connectivity index (χ4n) is 8.88. The molecule has 14 heteroatoms. The van der Waals surface area contributed by atoms with Crippen molar-refractivity contribution in [3.05, 3.63) is 71.1 Å². The van der Waals surface area contributed by atoms with E-state index >= 15 is 8.78 Å². The van der Waals surface area contributed by atoms with Gasteiger partial charge in [0.1, 0.15) is 28.9 Å². The number of rotatable bonds is 11. The van der Waals surface area contributed by atoms with E-state index in [1.807, 2.05) is 69.9 Å². The zero-order valence-electron chi connectivity index (χ0n) is 34.7. The predicted octanol–water partition coefficient (Wildman–Crippen LogP) is 7.98. The van der Waals surface area contributed by atoms with Crippen molar-refractivity contribution >= 4 is 46.3 Å². The molecule has 0 saturated carbocycles. The van der Waals surface area contributed by atoms with E-state index in [9.17, 15) is 19.2 Å². The van der Waals surface area contributed by atoms with Crippen LogP contribution in [0.2, 0.25) is 0 Å². The summed E-state index contributed by atoms with van der Waals surface area (Å²) in [6, 6.07) is 11.0. The molecule has 0 spiro atoms. The summed E-state index contributed by atoms with van der Waals surface area (Å²) in [6.07, 6.45) is 2.62. The van der Waals surface area contributed by atoms with E-state index < -0.39 is 41.7 Å². The van der Waals surface area contributed by atoms with E-state index in [1.165, 1.54) is 26.4 Å². The van der Waals surface area contributed by atoms with Crippen LogP contribution < -0.4 is 5.32 Å². The van der Waals surface area contributed by atoms with Crippen molar-refractivity contribution < 1.29 is 37.4 Å². The van der Waals surface area contributed by atoms with Gasteiger partial charge in [-0.2, -0.15) is 0 Å². The van der Waals surface area contributed by atoms with Gasteiger partial charge >= 0.3 is 12.1 Å². The summed E-state index contributed by atoms with van der Waals surface area (Å²) < 4.78 is 41.2. The van der Waals surface area contributed by atoms with Crippen LogP contribution in [0.1, 0.15) is 82.8 Å². The number of imidazole rings is 1. The number of nitrogens with one attached hydrogen (secondary N) is 2. The average Bonchev–Trinajstić information content (AvgIpc) is 4.03. The third-order valence-electron chi connectivity index (χ3n) is 12.1. The molecule has 12 nitrogen and oxygen atoms in total. The summed E-state index contributed by atoms with van der Waals surface area (Å²) >= 11 is 0. The molecule has 0 unspecified atom stereocenters. The number of ether oxygens (including phenoxy) is 2. The number of aromatic amines is 1. The maximum absolute atomic E-state index is 15.8. The van der Waals surface area contributed by atoms with Crippen LogP contribution in [0.15, 0.2) is 47.5 Å². The predicted molar refractivity (Wildman–Crippen MR) is 220 cm³/mol. The fourth-order valence-corrected chi connectivity index (χ4v) is 8.88. The summed E-state index contributed by atoms with van der Waals surface area (Å²) in [7, 11) is 2.57. The van der Waals surface area contributed by atoms with Gasteiger partial charge in [0.15, 0.2) is 5.82 Å². The molecule has 3 aromatic carbocycles. The Kier molecular flexibility index (Phi) is 11.9. The highest BCUT2D eigenvalue weighted by Gasteiger charge is 2.40. The Balaban J connectivity index is 1.09. The Labute approximate surface area is 342 Å². The van der Waals surface area contributed by atoms with Crippen molar-refractivity contribution in [1.29, 1.82) is 0 Å². The number of amides is 3. The molecule has 0 aliphatic carbocycles. The number of aryl methyl sites for hydroxylation is 1. The summed E-state index contributed by atoms with van der Waals surface area (Å²) in [6.45, 7) is 10.5. The van der Waals surface area contributed by atoms with Gasteiger partial charge in [-0.1, -0.05) is 45.9 Å². The molecular formula is C45H52F2N6O6. The number of nitrogens with zero attached hydrogens (tertiary/aromatic N) is 4. The van der Waals surface area contributed by atoms with E-state index in [0.717, 1.165) is 47.2 Å². The first-order valence-electron chi connectivity index (χ1n) is 20.4. The molecule has 4 heterocycles. The van der Waals surface area contributed by atoms with Crippen molar-refractivity contribution in [2.75, 3.05) is 27.3 Å². The first-order chi connectivity index (χ1) is 28.2. The number of hydrogen-bond donors (Lipinski definition) is 2. The number of halogens is 2. The highest BCUT2D eigenvalue weighted by Crippen LogP contribution is 2.40. The lowest BCUT2D eigenvalue weighted by Gasteiger charge is -2.30. The van der Waals surface area contributed by atoms with Gasteiger partial charge in [0.25, 0.3) is 0 Å². The molecule has 312 valence electrons. The minimum atomic E-state index is -0.787. The zero-order valence-corrected chi connectivity index (χ0v) is 34.7. The summed E-state index contributed by atoms with van der Waals surface area (Å²) in [5.41, 5.74) is 6.21. The Morgan fingerprint density at radius 3 is 2.20 bits per heavy atom. The highest BCUT2D eigenvalue weighted by molar-refractivity contribution is 6.01. The number of aromatic nitrogens is 2. The number of aliphatic imine (C=N–C) groups is 1. The molecule has 1 aromatic heterocycles. The van der Waals surface area contributed by atoms with Gasteiger partial charge in [-0.05, 0) is 102 Å². The van der Waals surface area contributed by atoms with Crippen molar-refractivity contribution in [1.82, 2.24) is 25.1 Å². The van der Waals surface area contributed by atoms with Gasteiger partial charge in [0, 0.05) is 25.2 Å². The van der Waals surface area contributed by atoms with Gasteiger partial charge in [-0.15, -0.1) is 0 Å². The Morgan fingerprint density at radius 1 is 0.847 bits per heavy atom. The van der Waals surface area contributed by atoms with Crippen LogP contribution in [-0.4, -0.2) is 88.7 Å². The maximum atomic E-state index is 15.8. The number of methoxy groups -OCH3 is 2. The van der Waals surface area contributed by atoms with Crippen LogP contribution in [0.4, 0.5) is 19.3 Å². The van der Waals surface area contributed by atoms with Gasteiger partial charge in [0.2, 0.25) is 11.8 Å². The van der Waals surface area contributed by atoms with Crippen LogP contribution in [-0.2, 0) is 30.3 Å². The molecule has 2 saturated heterocycles. The summed E-state index contributed by atoms with van der Waals surface area (Å²) in [4.78, 5) is 67.6. The molecule has 3 amide bonds. The molecule has 4 atom stereocenters. The minimum absolute atomic E-state index is 0.00825. The monoisotopic (exact) mass is 810 g/mol. The molecule has 7 rings (SSSR count). The third-order valence-corrected chi connectivity index (χ3v) is 12.1. The van der Waals surface area contributed by atoms with E-state index in [2.05, 4.69) is 15.3 Å². The molecule has 4 aromatic rings. The van der Waals surface area contributed by atoms with E-state index in [-0.39, 0.29) is 47.3 Å².